The number of para-hydroxylation sites is 1. The standard InChI is InChI=1S/C19H18BrN3OS/c1-3-12-7-4-6-11(2)15(12)22-19-23-18(21)17(25-19)16(24)13-8-5-9-14(20)10-13/h4-10H,3,21H2,1-2H3,(H,22,23). The van der Waals surface area contributed by atoms with Gasteiger partial charge in [0.25, 0.3) is 0 Å². The number of nitrogens with zero attached hydrogens (tertiary/aromatic N) is 1. The molecule has 0 saturated carbocycles. The number of nitrogen functional groups attached to an aromatic ring is 1. The number of anilines is 3. The Bertz CT molecular complexity index is 936. The maximum absolute atomic E-state index is 12.7. The average molecular weight is 416 g/mol. The lowest BCUT2D eigenvalue weighted by Crippen LogP contribution is -2.02. The Morgan fingerprint density at radius 3 is 2.76 bits per heavy atom. The second-order valence-corrected chi connectivity index (χ2v) is 7.58. The SMILES string of the molecule is CCc1cccc(C)c1Nc1nc(N)c(C(=O)c2cccc(Br)c2)s1. The van der Waals surface area contributed by atoms with Crippen LogP contribution in [0.5, 0.6) is 0 Å². The largest absolute Gasteiger partial charge is 0.382 e. The van der Waals surface area contributed by atoms with E-state index in [0.717, 1.165) is 22.1 Å². The fraction of sp³-hybridized carbons (Fsp3) is 0.158. The van der Waals surface area contributed by atoms with Gasteiger partial charge in [0.1, 0.15) is 10.7 Å². The Balaban J connectivity index is 1.92. The van der Waals surface area contributed by atoms with Crippen LogP contribution in [0.3, 0.4) is 0 Å². The highest BCUT2D eigenvalue weighted by Gasteiger charge is 2.19. The number of ketones is 1. The minimum atomic E-state index is -0.121. The van der Waals surface area contributed by atoms with E-state index in [9.17, 15) is 4.79 Å². The van der Waals surface area contributed by atoms with E-state index in [1.165, 1.54) is 16.9 Å². The molecule has 0 spiro atoms. The number of hydrogen-bond acceptors (Lipinski definition) is 5. The predicted molar refractivity (Wildman–Crippen MR) is 108 cm³/mol. The number of nitrogens with two attached hydrogens (primary N) is 1. The molecule has 25 heavy (non-hydrogen) atoms. The summed E-state index contributed by atoms with van der Waals surface area (Å²) in [7, 11) is 0. The Labute approximate surface area is 159 Å². The predicted octanol–water partition coefficient (Wildman–Crippen LogP) is 5.33. The van der Waals surface area contributed by atoms with Crippen molar-refractivity contribution in [3.05, 3.63) is 68.5 Å². The van der Waals surface area contributed by atoms with Gasteiger partial charge in [-0.1, -0.05) is 64.5 Å². The van der Waals surface area contributed by atoms with Crippen molar-refractivity contribution >= 4 is 49.7 Å². The van der Waals surface area contributed by atoms with Gasteiger partial charge in [-0.3, -0.25) is 4.79 Å². The molecule has 3 aromatic rings. The Hall–Kier alpha value is -2.18. The molecule has 128 valence electrons. The molecule has 2 aromatic carbocycles. The number of halogens is 1. The van der Waals surface area contributed by atoms with Crippen LogP contribution in [0.1, 0.15) is 33.3 Å². The van der Waals surface area contributed by atoms with E-state index in [2.05, 4.69) is 39.2 Å². The number of hydrogen-bond donors (Lipinski definition) is 2. The van der Waals surface area contributed by atoms with Gasteiger partial charge in [0.2, 0.25) is 5.78 Å². The zero-order chi connectivity index (χ0) is 18.0. The van der Waals surface area contributed by atoms with E-state index in [-0.39, 0.29) is 11.6 Å². The molecule has 0 saturated heterocycles. The number of aryl methyl sites for hydroxylation is 2. The van der Waals surface area contributed by atoms with Crippen LogP contribution in [0.15, 0.2) is 46.9 Å². The molecule has 0 amide bonds. The van der Waals surface area contributed by atoms with Gasteiger partial charge in [0.05, 0.1) is 0 Å². The van der Waals surface area contributed by atoms with Gasteiger partial charge in [0.15, 0.2) is 5.13 Å². The lowest BCUT2D eigenvalue weighted by molar-refractivity contribution is 0.104. The molecule has 0 radical (unpaired) electrons. The molecule has 0 aliphatic rings. The molecule has 1 aromatic heterocycles. The van der Waals surface area contributed by atoms with Gasteiger partial charge >= 0.3 is 0 Å². The monoisotopic (exact) mass is 415 g/mol. The molecule has 3 rings (SSSR count). The summed E-state index contributed by atoms with van der Waals surface area (Å²) in [5.41, 5.74) is 9.95. The normalized spacial score (nSPS) is 10.7. The molecule has 3 N–H and O–H groups in total. The van der Waals surface area contributed by atoms with Crippen LogP contribution < -0.4 is 11.1 Å². The Morgan fingerprint density at radius 1 is 1.28 bits per heavy atom. The molecule has 0 atom stereocenters. The van der Waals surface area contributed by atoms with E-state index in [0.29, 0.717) is 15.6 Å². The highest BCUT2D eigenvalue weighted by molar-refractivity contribution is 9.10. The van der Waals surface area contributed by atoms with E-state index in [1.54, 1.807) is 12.1 Å². The first kappa shape index (κ1) is 17.6. The lowest BCUT2D eigenvalue weighted by Gasteiger charge is -2.11. The van der Waals surface area contributed by atoms with E-state index >= 15 is 0 Å². The number of nitrogens with one attached hydrogen (secondary N) is 1. The summed E-state index contributed by atoms with van der Waals surface area (Å²) in [5.74, 6) is 0.133. The van der Waals surface area contributed by atoms with Gasteiger partial charge in [-0.25, -0.2) is 4.98 Å². The highest BCUT2D eigenvalue weighted by atomic mass is 79.9. The molecule has 6 heteroatoms. The van der Waals surface area contributed by atoms with Crippen LogP contribution in [0.25, 0.3) is 0 Å². The van der Waals surface area contributed by atoms with Crippen molar-refractivity contribution in [2.75, 3.05) is 11.1 Å². The third kappa shape index (κ3) is 3.75. The molecule has 0 unspecified atom stereocenters. The van der Waals surface area contributed by atoms with Crippen LogP contribution in [0, 0.1) is 6.92 Å². The third-order valence-electron chi connectivity index (χ3n) is 3.92. The summed E-state index contributed by atoms with van der Waals surface area (Å²) < 4.78 is 0.854. The molecular formula is C19H18BrN3OS. The zero-order valence-electron chi connectivity index (χ0n) is 14.0. The summed E-state index contributed by atoms with van der Waals surface area (Å²) in [6.07, 6.45) is 0.911. The topological polar surface area (TPSA) is 68.0 Å². The summed E-state index contributed by atoms with van der Waals surface area (Å²) in [6.45, 7) is 4.16. The van der Waals surface area contributed by atoms with Crippen molar-refractivity contribution < 1.29 is 4.79 Å². The fourth-order valence-electron chi connectivity index (χ4n) is 2.62. The first-order valence-corrected chi connectivity index (χ1v) is 9.52. The number of carbonyl (C=O) groups is 1. The minimum Gasteiger partial charge on any atom is -0.382 e. The Morgan fingerprint density at radius 2 is 2.04 bits per heavy atom. The van der Waals surface area contributed by atoms with Crippen LogP contribution in [0.4, 0.5) is 16.6 Å². The second-order valence-electron chi connectivity index (χ2n) is 5.66. The molecule has 1 heterocycles. The number of benzene rings is 2. The molecule has 0 aliphatic heterocycles. The van der Waals surface area contributed by atoms with Crippen molar-refractivity contribution in [1.82, 2.24) is 4.98 Å². The number of aromatic nitrogens is 1. The number of carbonyl (C=O) groups excluding carboxylic acids is 1. The van der Waals surface area contributed by atoms with Gasteiger partial charge in [-0.15, -0.1) is 0 Å². The molecule has 0 aliphatic carbocycles. The van der Waals surface area contributed by atoms with E-state index < -0.39 is 0 Å². The maximum atomic E-state index is 12.7. The Kier molecular flexibility index (Phi) is 5.20. The summed E-state index contributed by atoms with van der Waals surface area (Å²) in [5, 5.41) is 3.96. The quantitative estimate of drug-likeness (QED) is 0.552. The summed E-state index contributed by atoms with van der Waals surface area (Å²) in [4.78, 5) is 17.5. The van der Waals surface area contributed by atoms with Crippen molar-refractivity contribution in [2.45, 2.75) is 20.3 Å². The van der Waals surface area contributed by atoms with Gasteiger partial charge < -0.3 is 11.1 Å². The molecular weight excluding hydrogens is 398 g/mol. The summed E-state index contributed by atoms with van der Waals surface area (Å²) >= 11 is 4.67. The first-order chi connectivity index (χ1) is 12.0. The highest BCUT2D eigenvalue weighted by Crippen LogP contribution is 2.32. The van der Waals surface area contributed by atoms with Crippen molar-refractivity contribution in [3.63, 3.8) is 0 Å². The molecule has 4 nitrogen and oxygen atoms in total. The van der Waals surface area contributed by atoms with Crippen molar-refractivity contribution in [1.29, 1.82) is 0 Å². The van der Waals surface area contributed by atoms with Gasteiger partial charge in [-0.05, 0) is 36.6 Å². The number of thiazole rings is 1. The second kappa shape index (κ2) is 7.37. The zero-order valence-corrected chi connectivity index (χ0v) is 16.4. The molecule has 0 fully saturated rings. The van der Waals surface area contributed by atoms with E-state index in [4.69, 9.17) is 5.73 Å². The maximum Gasteiger partial charge on any atom is 0.206 e. The van der Waals surface area contributed by atoms with Gasteiger partial charge in [0, 0.05) is 15.7 Å². The van der Waals surface area contributed by atoms with Crippen molar-refractivity contribution in [2.24, 2.45) is 0 Å². The van der Waals surface area contributed by atoms with Crippen molar-refractivity contribution in [3.8, 4) is 0 Å². The smallest absolute Gasteiger partial charge is 0.206 e. The van der Waals surface area contributed by atoms with Crippen LogP contribution in [-0.4, -0.2) is 10.8 Å². The van der Waals surface area contributed by atoms with Crippen LogP contribution in [0.2, 0.25) is 0 Å². The fourth-order valence-corrected chi connectivity index (χ4v) is 3.87. The van der Waals surface area contributed by atoms with Crippen LogP contribution in [-0.2, 0) is 6.42 Å². The molecule has 0 bridgehead atoms. The summed E-state index contributed by atoms with van der Waals surface area (Å²) in [6, 6.07) is 13.4. The van der Waals surface area contributed by atoms with E-state index in [1.807, 2.05) is 31.2 Å². The van der Waals surface area contributed by atoms with Gasteiger partial charge in [-0.2, -0.15) is 0 Å². The van der Waals surface area contributed by atoms with Crippen LogP contribution >= 0.6 is 27.3 Å². The minimum absolute atomic E-state index is 0.121. The first-order valence-electron chi connectivity index (χ1n) is 7.91. The average Bonchev–Trinajstić information content (AvgIpc) is 2.96. The third-order valence-corrected chi connectivity index (χ3v) is 5.40. The number of rotatable bonds is 5. The lowest BCUT2D eigenvalue weighted by atomic mass is 10.1.